The van der Waals surface area contributed by atoms with Gasteiger partial charge in [-0.05, 0) is 29.8 Å². The number of hydrogen-bond donors (Lipinski definition) is 1. The molecule has 0 aliphatic rings. The van der Waals surface area contributed by atoms with Gasteiger partial charge in [0.2, 0.25) is 0 Å². The van der Waals surface area contributed by atoms with E-state index in [-0.39, 0.29) is 12.0 Å². The van der Waals surface area contributed by atoms with E-state index in [4.69, 9.17) is 11.6 Å². The minimum atomic E-state index is -1.03. The number of rotatable bonds is 4. The second-order valence-corrected chi connectivity index (χ2v) is 7.34. The highest BCUT2D eigenvalue weighted by Gasteiger charge is 2.20. The summed E-state index contributed by atoms with van der Waals surface area (Å²) >= 11 is 6.54. The number of carboxylic acid groups (broad SMARTS) is 1. The molecule has 29 heavy (non-hydrogen) atoms. The molecule has 1 N–H and O–H groups in total. The molecule has 146 valence electrons. The average Bonchev–Trinajstić information content (AvgIpc) is 2.70. The van der Waals surface area contributed by atoms with Crippen molar-refractivity contribution in [2.24, 2.45) is 0 Å². The van der Waals surface area contributed by atoms with Crippen molar-refractivity contribution in [2.75, 3.05) is 19.0 Å². The minimum Gasteiger partial charge on any atom is -0.480 e. The second-order valence-electron chi connectivity index (χ2n) is 6.93. The molecule has 7 heteroatoms. The van der Waals surface area contributed by atoms with E-state index in [9.17, 15) is 14.7 Å². The topological polar surface area (TPSA) is 75.4 Å². The standard InChI is InChI=1S/C22H18ClN3O3/c1-25(2)17-11-9-15-21(29)14-8-10-16(23)19(13-6-4-3-5-7-13)20(14)26(12-18(27)28)22(15)24-17/h3-11H,12H2,1-2H3,(H,27,28). The third kappa shape index (κ3) is 3.21. The lowest BCUT2D eigenvalue weighted by atomic mass is 10.00. The number of hydrogen-bond acceptors (Lipinski definition) is 4. The van der Waals surface area contributed by atoms with Crippen LogP contribution < -0.4 is 10.3 Å². The van der Waals surface area contributed by atoms with E-state index in [1.807, 2.05) is 44.4 Å². The zero-order valence-electron chi connectivity index (χ0n) is 15.9. The number of aliphatic carboxylic acids is 1. The summed E-state index contributed by atoms with van der Waals surface area (Å²) in [7, 11) is 3.67. The number of pyridine rings is 2. The number of carboxylic acids is 1. The van der Waals surface area contributed by atoms with Gasteiger partial charge in [0.25, 0.3) is 0 Å². The minimum absolute atomic E-state index is 0.205. The van der Waals surface area contributed by atoms with Gasteiger partial charge in [0.15, 0.2) is 5.43 Å². The van der Waals surface area contributed by atoms with E-state index in [1.165, 1.54) is 0 Å². The van der Waals surface area contributed by atoms with Gasteiger partial charge in [-0.1, -0.05) is 41.9 Å². The summed E-state index contributed by atoms with van der Waals surface area (Å²) in [5.41, 5.74) is 1.98. The molecule has 2 heterocycles. The van der Waals surface area contributed by atoms with Crippen LogP contribution in [-0.2, 0) is 11.3 Å². The molecule has 4 rings (SSSR count). The van der Waals surface area contributed by atoms with E-state index in [0.717, 1.165) is 5.56 Å². The molecule has 0 radical (unpaired) electrons. The van der Waals surface area contributed by atoms with Gasteiger partial charge in [0.1, 0.15) is 18.0 Å². The van der Waals surface area contributed by atoms with Crippen LogP contribution in [0.3, 0.4) is 0 Å². The maximum Gasteiger partial charge on any atom is 0.323 e. The second kappa shape index (κ2) is 7.22. The molecule has 0 spiro atoms. The average molecular weight is 408 g/mol. The highest BCUT2D eigenvalue weighted by molar-refractivity contribution is 6.35. The monoisotopic (exact) mass is 407 g/mol. The van der Waals surface area contributed by atoms with Crippen molar-refractivity contribution in [3.05, 3.63) is 69.8 Å². The summed E-state index contributed by atoms with van der Waals surface area (Å²) in [6, 6.07) is 16.1. The number of fused-ring (bicyclic) bond motifs is 2. The molecule has 0 aliphatic carbocycles. The van der Waals surface area contributed by atoms with Crippen molar-refractivity contribution in [2.45, 2.75) is 6.54 Å². The van der Waals surface area contributed by atoms with Crippen LogP contribution in [0.15, 0.2) is 59.4 Å². The first-order chi connectivity index (χ1) is 13.9. The fourth-order valence-corrected chi connectivity index (χ4v) is 3.78. The summed E-state index contributed by atoms with van der Waals surface area (Å²) in [6.45, 7) is -0.350. The molecule has 0 atom stereocenters. The van der Waals surface area contributed by atoms with E-state index in [1.54, 1.807) is 33.7 Å². The Morgan fingerprint density at radius 2 is 1.76 bits per heavy atom. The predicted octanol–water partition coefficient (Wildman–Crippen LogP) is 4.02. The molecule has 6 nitrogen and oxygen atoms in total. The first-order valence-corrected chi connectivity index (χ1v) is 9.36. The Morgan fingerprint density at radius 3 is 2.41 bits per heavy atom. The highest BCUT2D eigenvalue weighted by atomic mass is 35.5. The fourth-order valence-electron chi connectivity index (χ4n) is 3.52. The summed E-state index contributed by atoms with van der Waals surface area (Å²) in [4.78, 5) is 31.4. The lowest BCUT2D eigenvalue weighted by molar-refractivity contribution is -0.137. The summed E-state index contributed by atoms with van der Waals surface area (Å²) < 4.78 is 1.57. The quantitative estimate of drug-likeness (QED) is 0.517. The van der Waals surface area contributed by atoms with Crippen LogP contribution in [0.1, 0.15) is 0 Å². The molecular formula is C22H18ClN3O3. The highest BCUT2D eigenvalue weighted by Crippen LogP contribution is 2.35. The van der Waals surface area contributed by atoms with E-state index >= 15 is 0 Å². The first kappa shape index (κ1) is 19.0. The van der Waals surface area contributed by atoms with Crippen molar-refractivity contribution in [1.82, 2.24) is 9.55 Å². The Balaban J connectivity index is 2.26. The normalized spacial score (nSPS) is 11.1. The molecule has 0 bridgehead atoms. The number of benzene rings is 2. The number of nitrogens with zero attached hydrogens (tertiary/aromatic N) is 3. The molecule has 0 saturated carbocycles. The third-order valence-electron chi connectivity index (χ3n) is 4.82. The van der Waals surface area contributed by atoms with Gasteiger partial charge in [-0.25, -0.2) is 4.98 Å². The van der Waals surface area contributed by atoms with E-state index in [2.05, 4.69) is 4.98 Å². The Labute approximate surface area is 171 Å². The maximum absolute atomic E-state index is 13.2. The zero-order valence-corrected chi connectivity index (χ0v) is 16.6. The summed E-state index contributed by atoms with van der Waals surface area (Å²) in [5, 5.41) is 10.8. The third-order valence-corrected chi connectivity index (χ3v) is 5.13. The smallest absolute Gasteiger partial charge is 0.323 e. The Hall–Kier alpha value is -3.38. The summed E-state index contributed by atoms with van der Waals surface area (Å²) in [5.74, 6) is -0.411. The van der Waals surface area contributed by atoms with Crippen molar-refractivity contribution < 1.29 is 9.90 Å². The molecule has 0 fully saturated rings. The van der Waals surface area contributed by atoms with E-state index < -0.39 is 5.97 Å². The fraction of sp³-hybridized carbons (Fsp3) is 0.136. The Morgan fingerprint density at radius 1 is 1.07 bits per heavy atom. The first-order valence-electron chi connectivity index (χ1n) is 8.99. The summed E-state index contributed by atoms with van der Waals surface area (Å²) in [6.07, 6.45) is 0. The van der Waals surface area contributed by atoms with Gasteiger partial charge in [-0.15, -0.1) is 0 Å². The van der Waals surface area contributed by atoms with Crippen molar-refractivity contribution in [3.8, 4) is 11.1 Å². The molecular weight excluding hydrogens is 390 g/mol. The number of anilines is 1. The van der Waals surface area contributed by atoms with Crippen LogP contribution in [-0.4, -0.2) is 34.7 Å². The van der Waals surface area contributed by atoms with Gasteiger partial charge < -0.3 is 14.6 Å². The van der Waals surface area contributed by atoms with Crippen LogP contribution in [0.5, 0.6) is 0 Å². The molecule has 0 amide bonds. The van der Waals surface area contributed by atoms with Gasteiger partial charge in [-0.3, -0.25) is 9.59 Å². The molecule has 2 aromatic carbocycles. The molecule has 2 aromatic heterocycles. The molecule has 0 saturated heterocycles. The maximum atomic E-state index is 13.2. The Kier molecular flexibility index (Phi) is 4.72. The number of aromatic nitrogens is 2. The largest absolute Gasteiger partial charge is 0.480 e. The van der Waals surface area contributed by atoms with Gasteiger partial charge >= 0.3 is 5.97 Å². The van der Waals surface area contributed by atoms with Gasteiger partial charge in [0, 0.05) is 25.0 Å². The van der Waals surface area contributed by atoms with Crippen molar-refractivity contribution in [1.29, 1.82) is 0 Å². The number of halogens is 1. The van der Waals surface area contributed by atoms with E-state index in [0.29, 0.717) is 38.3 Å². The number of carbonyl (C=O) groups is 1. The molecule has 4 aromatic rings. The predicted molar refractivity (Wildman–Crippen MR) is 116 cm³/mol. The zero-order chi connectivity index (χ0) is 20.7. The van der Waals surface area contributed by atoms with Crippen LogP contribution >= 0.6 is 11.6 Å². The van der Waals surface area contributed by atoms with Crippen LogP contribution in [0.25, 0.3) is 33.1 Å². The van der Waals surface area contributed by atoms with Gasteiger partial charge in [-0.2, -0.15) is 0 Å². The molecule has 0 aliphatic heterocycles. The Bertz CT molecular complexity index is 1310. The van der Waals surface area contributed by atoms with Crippen molar-refractivity contribution in [3.63, 3.8) is 0 Å². The van der Waals surface area contributed by atoms with Gasteiger partial charge in [0.05, 0.1) is 15.9 Å². The SMILES string of the molecule is CN(C)c1ccc2c(=O)c3ccc(Cl)c(-c4ccccc4)c3n(CC(=O)O)c2n1. The molecule has 0 unspecified atom stereocenters. The lowest BCUT2D eigenvalue weighted by Crippen LogP contribution is -2.19. The van der Waals surface area contributed by atoms with Crippen LogP contribution in [0.2, 0.25) is 5.02 Å². The van der Waals surface area contributed by atoms with Crippen molar-refractivity contribution >= 4 is 45.3 Å². The van der Waals surface area contributed by atoms with Crippen LogP contribution in [0.4, 0.5) is 5.82 Å². The van der Waals surface area contributed by atoms with Crippen LogP contribution in [0, 0.1) is 0 Å². The lowest BCUT2D eigenvalue weighted by Gasteiger charge is -2.19.